The van der Waals surface area contributed by atoms with Crippen LogP contribution in [0.1, 0.15) is 0 Å². The molecule has 2 aromatic heterocycles. The second-order valence-corrected chi connectivity index (χ2v) is 5.75. The van der Waals surface area contributed by atoms with Crippen molar-refractivity contribution in [1.29, 1.82) is 0 Å². The van der Waals surface area contributed by atoms with Crippen LogP contribution in [0.2, 0.25) is 0 Å². The fourth-order valence-corrected chi connectivity index (χ4v) is 5.31. The van der Waals surface area contributed by atoms with Gasteiger partial charge in [-0.05, 0) is 22.9 Å². The first-order valence-electron chi connectivity index (χ1n) is 3.45. The van der Waals surface area contributed by atoms with Crippen LogP contribution in [0.4, 0.5) is 0 Å². The van der Waals surface area contributed by atoms with Crippen molar-refractivity contribution in [2.24, 2.45) is 0 Å². The van der Waals surface area contributed by atoms with E-state index in [1.54, 1.807) is 22.7 Å². The zero-order valence-electron chi connectivity index (χ0n) is 5.94. The molecule has 0 aromatic carbocycles. The van der Waals surface area contributed by atoms with Gasteiger partial charge in [0.2, 0.25) is 0 Å². The Bertz CT molecular complexity index is 424. The maximum atomic E-state index is 11.7. The van der Waals surface area contributed by atoms with Crippen molar-refractivity contribution >= 4 is 33.5 Å². The van der Waals surface area contributed by atoms with Gasteiger partial charge in [0.25, 0.3) is 0 Å². The van der Waals surface area contributed by atoms with Gasteiger partial charge in [0.15, 0.2) is 0 Å². The van der Waals surface area contributed by atoms with E-state index in [1.165, 1.54) is 9.75 Å². The predicted molar refractivity (Wildman–Crippen MR) is 52.3 cm³/mol. The van der Waals surface area contributed by atoms with Crippen molar-refractivity contribution < 1.29 is 4.21 Å². The van der Waals surface area contributed by atoms with Gasteiger partial charge >= 0.3 is 0 Å². The average molecular weight is 212 g/mol. The molecule has 1 aliphatic rings. The van der Waals surface area contributed by atoms with Crippen molar-refractivity contribution in [2.75, 3.05) is 0 Å². The molecule has 0 radical (unpaired) electrons. The molecule has 60 valence electrons. The zero-order valence-corrected chi connectivity index (χ0v) is 8.39. The molecule has 4 heteroatoms. The summed E-state index contributed by atoms with van der Waals surface area (Å²) in [6.45, 7) is 0. The van der Waals surface area contributed by atoms with Crippen LogP contribution in [-0.2, 0) is 10.8 Å². The predicted octanol–water partition coefficient (Wildman–Crippen LogP) is 2.96. The lowest BCUT2D eigenvalue weighted by molar-refractivity contribution is 0.685. The molecular weight excluding hydrogens is 208 g/mol. The van der Waals surface area contributed by atoms with Crippen molar-refractivity contribution in [1.82, 2.24) is 0 Å². The van der Waals surface area contributed by atoms with Crippen LogP contribution in [0.25, 0.3) is 9.75 Å². The van der Waals surface area contributed by atoms with Crippen LogP contribution < -0.4 is 0 Å². The van der Waals surface area contributed by atoms with E-state index in [1.807, 2.05) is 22.9 Å². The molecule has 0 N–H and O–H groups in total. The summed E-state index contributed by atoms with van der Waals surface area (Å²) in [7, 11) is -0.890. The third kappa shape index (κ3) is 0.701. The molecule has 0 bridgehead atoms. The Labute approximate surface area is 80.1 Å². The van der Waals surface area contributed by atoms with Crippen molar-refractivity contribution in [3.63, 3.8) is 0 Å². The lowest BCUT2D eigenvalue weighted by Gasteiger charge is -1.85. The smallest absolute Gasteiger partial charge is 0.0880 e. The molecule has 0 amide bonds. The monoisotopic (exact) mass is 212 g/mol. The molecule has 0 saturated carbocycles. The zero-order chi connectivity index (χ0) is 8.13. The fourth-order valence-electron chi connectivity index (χ4n) is 1.34. The number of fused-ring (bicyclic) bond motifs is 3. The Morgan fingerprint density at radius 2 is 1.50 bits per heavy atom. The van der Waals surface area contributed by atoms with E-state index in [4.69, 9.17) is 0 Å². The van der Waals surface area contributed by atoms with Gasteiger partial charge in [-0.1, -0.05) is 0 Å². The summed E-state index contributed by atoms with van der Waals surface area (Å²) in [6.07, 6.45) is 0. The van der Waals surface area contributed by atoms with E-state index in [0.717, 1.165) is 9.79 Å². The minimum Gasteiger partial charge on any atom is -0.249 e. The lowest BCUT2D eigenvalue weighted by Crippen LogP contribution is -1.80. The van der Waals surface area contributed by atoms with Crippen LogP contribution in [0.5, 0.6) is 0 Å². The van der Waals surface area contributed by atoms with Gasteiger partial charge in [-0.25, -0.2) is 4.21 Å². The highest BCUT2D eigenvalue weighted by atomic mass is 32.2. The molecule has 0 unspecified atom stereocenters. The van der Waals surface area contributed by atoms with Crippen LogP contribution in [0.15, 0.2) is 32.7 Å². The molecule has 0 fully saturated rings. The van der Waals surface area contributed by atoms with Crippen molar-refractivity contribution in [3.8, 4) is 9.75 Å². The molecule has 0 saturated heterocycles. The summed E-state index contributed by atoms with van der Waals surface area (Å²) in [5, 5.41) is 4.01. The summed E-state index contributed by atoms with van der Waals surface area (Å²) in [6, 6.07) is 3.92. The Morgan fingerprint density at radius 3 is 2.00 bits per heavy atom. The SMILES string of the molecule is O=S1c2ccsc2-c2sccc21. The fraction of sp³-hybridized carbons (Fsp3) is 0. The maximum absolute atomic E-state index is 11.7. The Balaban J connectivity index is 2.47. The number of rotatable bonds is 0. The van der Waals surface area contributed by atoms with E-state index in [-0.39, 0.29) is 0 Å². The second kappa shape index (κ2) is 2.28. The van der Waals surface area contributed by atoms with Crippen molar-refractivity contribution in [2.45, 2.75) is 9.79 Å². The van der Waals surface area contributed by atoms with E-state index in [9.17, 15) is 4.21 Å². The van der Waals surface area contributed by atoms with Gasteiger partial charge in [-0.3, -0.25) is 0 Å². The topological polar surface area (TPSA) is 17.1 Å². The molecule has 3 rings (SSSR count). The molecule has 0 aliphatic carbocycles. The molecule has 3 heterocycles. The molecule has 1 nitrogen and oxygen atoms in total. The van der Waals surface area contributed by atoms with Crippen molar-refractivity contribution in [3.05, 3.63) is 22.9 Å². The highest BCUT2D eigenvalue weighted by Gasteiger charge is 2.27. The highest BCUT2D eigenvalue weighted by Crippen LogP contribution is 2.46. The first kappa shape index (κ1) is 7.00. The van der Waals surface area contributed by atoms with E-state index in [0.29, 0.717) is 0 Å². The molecule has 0 atom stereocenters. The minimum atomic E-state index is -0.890. The summed E-state index contributed by atoms with van der Waals surface area (Å²) >= 11 is 3.36. The molecule has 12 heavy (non-hydrogen) atoms. The van der Waals surface area contributed by atoms with Gasteiger partial charge in [0, 0.05) is 0 Å². The molecule has 1 aliphatic heterocycles. The van der Waals surface area contributed by atoms with E-state index in [2.05, 4.69) is 0 Å². The number of hydrogen-bond donors (Lipinski definition) is 0. The highest BCUT2D eigenvalue weighted by molar-refractivity contribution is 7.86. The Hall–Kier alpha value is -0.450. The standard InChI is InChI=1S/C8H4OS3/c9-12-5-1-3-10-7(5)8-6(12)2-4-11-8/h1-4H. The molecule has 2 aromatic rings. The van der Waals surface area contributed by atoms with E-state index < -0.39 is 10.8 Å². The van der Waals surface area contributed by atoms with Gasteiger partial charge in [0.05, 0.1) is 30.3 Å². The summed E-state index contributed by atoms with van der Waals surface area (Å²) < 4.78 is 11.7. The van der Waals surface area contributed by atoms with Crippen LogP contribution in [0.3, 0.4) is 0 Å². The van der Waals surface area contributed by atoms with Gasteiger partial charge in [-0.2, -0.15) is 0 Å². The minimum absolute atomic E-state index is 0.890. The quantitative estimate of drug-likeness (QED) is 0.560. The van der Waals surface area contributed by atoms with Crippen LogP contribution >= 0.6 is 22.7 Å². The third-order valence-electron chi connectivity index (χ3n) is 1.86. The van der Waals surface area contributed by atoms with Gasteiger partial charge in [-0.15, -0.1) is 22.7 Å². The van der Waals surface area contributed by atoms with Crippen LogP contribution in [0, 0.1) is 0 Å². The summed E-state index contributed by atoms with van der Waals surface area (Å²) in [5.41, 5.74) is 0. The second-order valence-electron chi connectivity index (χ2n) is 2.50. The van der Waals surface area contributed by atoms with Crippen LogP contribution in [-0.4, -0.2) is 4.21 Å². The molecular formula is C8H4OS3. The third-order valence-corrected chi connectivity index (χ3v) is 5.59. The largest absolute Gasteiger partial charge is 0.249 e. The summed E-state index contributed by atoms with van der Waals surface area (Å²) in [4.78, 5) is 4.42. The van der Waals surface area contributed by atoms with Gasteiger partial charge in [0.1, 0.15) is 0 Å². The lowest BCUT2D eigenvalue weighted by atomic mass is 10.4. The maximum Gasteiger partial charge on any atom is 0.0880 e. The van der Waals surface area contributed by atoms with Gasteiger partial charge < -0.3 is 0 Å². The first-order chi connectivity index (χ1) is 5.88. The average Bonchev–Trinajstić information content (AvgIpc) is 2.72. The Morgan fingerprint density at radius 1 is 1.00 bits per heavy atom. The Kier molecular flexibility index (Phi) is 1.33. The van der Waals surface area contributed by atoms with E-state index >= 15 is 0 Å². The molecule has 0 spiro atoms. The number of hydrogen-bond acceptors (Lipinski definition) is 3. The summed E-state index contributed by atoms with van der Waals surface area (Å²) in [5.74, 6) is 0. The number of thiophene rings is 2. The first-order valence-corrected chi connectivity index (χ1v) is 6.36. The normalized spacial score (nSPS) is 14.7.